The summed E-state index contributed by atoms with van der Waals surface area (Å²) in [7, 11) is 1.67. The molecule has 3 aromatic rings. The molecule has 2 aromatic carbocycles. The Labute approximate surface area is 169 Å². The van der Waals surface area contributed by atoms with E-state index in [2.05, 4.69) is 27.3 Å². The van der Waals surface area contributed by atoms with Crippen molar-refractivity contribution in [2.24, 2.45) is 0 Å². The molecule has 0 saturated carbocycles. The zero-order valence-electron chi connectivity index (χ0n) is 15.8. The van der Waals surface area contributed by atoms with Gasteiger partial charge in [-0.25, -0.2) is 4.98 Å². The third-order valence-corrected chi connectivity index (χ3v) is 5.92. The number of thiazole rings is 1. The van der Waals surface area contributed by atoms with Gasteiger partial charge in [-0.2, -0.15) is 0 Å². The largest absolute Gasteiger partial charge is 0.497 e. The van der Waals surface area contributed by atoms with Crippen LogP contribution in [0.15, 0.2) is 60.0 Å². The average molecular weight is 394 g/mol. The molecule has 144 valence electrons. The molecular weight excluding hydrogens is 370 g/mol. The van der Waals surface area contributed by atoms with Gasteiger partial charge in [-0.15, -0.1) is 11.3 Å². The molecule has 1 saturated heterocycles. The maximum Gasteiger partial charge on any atom is 0.270 e. The van der Waals surface area contributed by atoms with Crippen molar-refractivity contribution in [3.8, 4) is 16.3 Å². The lowest BCUT2D eigenvalue weighted by molar-refractivity contribution is 0.0927. The summed E-state index contributed by atoms with van der Waals surface area (Å²) in [6, 6.07) is 18.3. The predicted octanol–water partition coefficient (Wildman–Crippen LogP) is 4.22. The molecule has 5 nitrogen and oxygen atoms in total. The monoisotopic (exact) mass is 393 g/mol. The summed E-state index contributed by atoms with van der Waals surface area (Å²) in [6.07, 6.45) is 1.85. The average Bonchev–Trinajstić information content (AvgIpc) is 3.26. The third kappa shape index (κ3) is 4.17. The van der Waals surface area contributed by atoms with E-state index in [-0.39, 0.29) is 11.9 Å². The molecule has 1 amide bonds. The number of hydrogen-bond donors (Lipinski definition) is 1. The molecule has 1 aromatic heterocycles. The van der Waals surface area contributed by atoms with E-state index >= 15 is 0 Å². The summed E-state index contributed by atoms with van der Waals surface area (Å²) in [5.41, 5.74) is 2.73. The van der Waals surface area contributed by atoms with Gasteiger partial charge < -0.3 is 15.0 Å². The molecule has 1 N–H and O–H groups in total. The highest BCUT2D eigenvalue weighted by Gasteiger charge is 2.22. The van der Waals surface area contributed by atoms with Gasteiger partial charge in [0, 0.05) is 35.8 Å². The Morgan fingerprint density at radius 2 is 1.82 bits per heavy atom. The van der Waals surface area contributed by atoms with Crippen LogP contribution in [0.3, 0.4) is 0 Å². The molecule has 0 aliphatic carbocycles. The Morgan fingerprint density at radius 1 is 1.11 bits per heavy atom. The Morgan fingerprint density at radius 3 is 2.50 bits per heavy atom. The van der Waals surface area contributed by atoms with Crippen LogP contribution in [0.4, 0.5) is 5.69 Å². The fourth-order valence-electron chi connectivity index (χ4n) is 3.43. The first kappa shape index (κ1) is 18.5. The van der Waals surface area contributed by atoms with Gasteiger partial charge >= 0.3 is 0 Å². The van der Waals surface area contributed by atoms with Gasteiger partial charge in [-0.3, -0.25) is 4.79 Å². The van der Waals surface area contributed by atoms with E-state index in [1.165, 1.54) is 17.0 Å². The molecule has 0 radical (unpaired) electrons. The second-order valence-electron chi connectivity index (χ2n) is 6.84. The van der Waals surface area contributed by atoms with Gasteiger partial charge in [0.15, 0.2) is 0 Å². The van der Waals surface area contributed by atoms with Crippen molar-refractivity contribution in [2.75, 3.05) is 25.1 Å². The molecule has 1 aliphatic rings. The van der Waals surface area contributed by atoms with E-state index in [1.807, 2.05) is 47.8 Å². The molecule has 0 atom stereocenters. The van der Waals surface area contributed by atoms with Crippen molar-refractivity contribution < 1.29 is 9.53 Å². The number of benzene rings is 2. The number of anilines is 1. The Hall–Kier alpha value is -2.86. The van der Waals surface area contributed by atoms with Gasteiger partial charge in [0.05, 0.1) is 7.11 Å². The summed E-state index contributed by atoms with van der Waals surface area (Å²) in [5, 5.41) is 5.86. The highest BCUT2D eigenvalue weighted by atomic mass is 32.1. The Balaban J connectivity index is 1.32. The summed E-state index contributed by atoms with van der Waals surface area (Å²) in [6.45, 7) is 1.84. The van der Waals surface area contributed by atoms with Crippen LogP contribution in [-0.4, -0.2) is 37.1 Å². The molecule has 28 heavy (non-hydrogen) atoms. The molecule has 2 heterocycles. The van der Waals surface area contributed by atoms with E-state index < -0.39 is 0 Å². The number of nitrogens with one attached hydrogen (secondary N) is 1. The highest BCUT2D eigenvalue weighted by molar-refractivity contribution is 7.13. The van der Waals surface area contributed by atoms with Crippen molar-refractivity contribution in [3.63, 3.8) is 0 Å². The summed E-state index contributed by atoms with van der Waals surface area (Å²) in [5.74, 6) is 0.783. The first-order valence-corrected chi connectivity index (χ1v) is 10.3. The highest BCUT2D eigenvalue weighted by Crippen LogP contribution is 2.25. The van der Waals surface area contributed by atoms with Gasteiger partial charge in [0.1, 0.15) is 16.5 Å². The van der Waals surface area contributed by atoms with Crippen LogP contribution in [0.5, 0.6) is 5.75 Å². The fraction of sp³-hybridized carbons (Fsp3) is 0.273. The lowest BCUT2D eigenvalue weighted by Crippen LogP contribution is -2.44. The molecular formula is C22H23N3O2S. The minimum atomic E-state index is -0.0821. The number of carbonyl (C=O) groups is 1. The molecule has 0 bridgehead atoms. The number of hydrogen-bond acceptors (Lipinski definition) is 5. The van der Waals surface area contributed by atoms with E-state index in [9.17, 15) is 4.79 Å². The maximum atomic E-state index is 12.6. The summed E-state index contributed by atoms with van der Waals surface area (Å²) in [4.78, 5) is 19.4. The number of ether oxygens (including phenoxy) is 1. The van der Waals surface area contributed by atoms with Crippen molar-refractivity contribution in [3.05, 3.63) is 65.7 Å². The van der Waals surface area contributed by atoms with Crippen LogP contribution < -0.4 is 15.0 Å². The number of amides is 1. The Kier molecular flexibility index (Phi) is 5.58. The van der Waals surface area contributed by atoms with Gasteiger partial charge in [-0.1, -0.05) is 30.3 Å². The van der Waals surface area contributed by atoms with Crippen LogP contribution in [0, 0.1) is 0 Å². The minimum absolute atomic E-state index is 0.0821. The lowest BCUT2D eigenvalue weighted by atomic mass is 10.0. The van der Waals surface area contributed by atoms with Crippen LogP contribution in [0.25, 0.3) is 10.6 Å². The zero-order chi connectivity index (χ0) is 19.3. The zero-order valence-corrected chi connectivity index (χ0v) is 16.6. The predicted molar refractivity (Wildman–Crippen MR) is 113 cm³/mol. The first-order chi connectivity index (χ1) is 13.7. The molecule has 0 spiro atoms. The number of carbonyl (C=O) groups excluding carboxylic acids is 1. The normalized spacial score (nSPS) is 14.7. The maximum absolute atomic E-state index is 12.6. The molecule has 4 rings (SSSR count). The van der Waals surface area contributed by atoms with Crippen LogP contribution in [-0.2, 0) is 0 Å². The number of nitrogens with zero attached hydrogens (tertiary/aromatic N) is 2. The second kappa shape index (κ2) is 8.44. The molecule has 6 heteroatoms. The van der Waals surface area contributed by atoms with Crippen molar-refractivity contribution in [1.29, 1.82) is 0 Å². The topological polar surface area (TPSA) is 54.5 Å². The van der Waals surface area contributed by atoms with Gasteiger partial charge in [-0.05, 0) is 37.1 Å². The Bertz CT molecular complexity index is 916. The van der Waals surface area contributed by atoms with E-state index in [1.54, 1.807) is 7.11 Å². The van der Waals surface area contributed by atoms with Gasteiger partial charge in [0.25, 0.3) is 5.91 Å². The third-order valence-electron chi connectivity index (χ3n) is 5.03. The van der Waals surface area contributed by atoms with Crippen LogP contribution in [0.2, 0.25) is 0 Å². The summed E-state index contributed by atoms with van der Waals surface area (Å²) < 4.78 is 5.22. The number of aromatic nitrogens is 1. The van der Waals surface area contributed by atoms with Crippen LogP contribution in [0.1, 0.15) is 23.3 Å². The van der Waals surface area contributed by atoms with E-state index in [0.717, 1.165) is 42.3 Å². The molecule has 1 aliphatic heterocycles. The SMILES string of the molecule is COc1ccc(N2CCC(NC(=O)c3csc(-c4ccccc4)n3)CC2)cc1. The fourth-order valence-corrected chi connectivity index (χ4v) is 4.23. The second-order valence-corrected chi connectivity index (χ2v) is 7.69. The van der Waals surface area contributed by atoms with Crippen molar-refractivity contribution in [2.45, 2.75) is 18.9 Å². The minimum Gasteiger partial charge on any atom is -0.497 e. The van der Waals surface area contributed by atoms with E-state index in [0.29, 0.717) is 5.69 Å². The van der Waals surface area contributed by atoms with Crippen molar-refractivity contribution >= 4 is 22.9 Å². The number of piperidine rings is 1. The standard InChI is InChI=1S/C22H23N3O2S/c1-27-19-9-7-18(8-10-19)25-13-11-17(12-14-25)23-21(26)20-15-28-22(24-20)16-5-3-2-4-6-16/h2-10,15,17H,11-14H2,1H3,(H,23,26). The first-order valence-electron chi connectivity index (χ1n) is 9.44. The van der Waals surface area contributed by atoms with Gasteiger partial charge in [0.2, 0.25) is 0 Å². The number of methoxy groups -OCH3 is 1. The quantitative estimate of drug-likeness (QED) is 0.705. The summed E-state index contributed by atoms with van der Waals surface area (Å²) >= 11 is 1.50. The lowest BCUT2D eigenvalue weighted by Gasteiger charge is -2.33. The van der Waals surface area contributed by atoms with Crippen LogP contribution >= 0.6 is 11.3 Å². The van der Waals surface area contributed by atoms with Crippen molar-refractivity contribution in [1.82, 2.24) is 10.3 Å². The van der Waals surface area contributed by atoms with E-state index in [4.69, 9.17) is 4.74 Å². The molecule has 0 unspecified atom stereocenters. The number of rotatable bonds is 5. The molecule has 1 fully saturated rings. The smallest absolute Gasteiger partial charge is 0.270 e.